The zero-order chi connectivity index (χ0) is 18.1. The second-order valence-electron chi connectivity index (χ2n) is 5.49. The Balaban J connectivity index is 2.47. The lowest BCUT2D eigenvalue weighted by Gasteiger charge is -2.38. The van der Waals surface area contributed by atoms with Crippen molar-refractivity contribution in [2.24, 2.45) is 0 Å². The van der Waals surface area contributed by atoms with Crippen LogP contribution < -0.4 is 4.90 Å². The number of halogens is 4. The molecule has 1 saturated heterocycles. The summed E-state index contributed by atoms with van der Waals surface area (Å²) >= 11 is 0. The monoisotopic (exact) mass is 371 g/mol. The fourth-order valence-electron chi connectivity index (χ4n) is 2.61. The van der Waals surface area contributed by atoms with Crippen LogP contribution in [-0.4, -0.2) is 52.9 Å². The molecule has 0 spiro atoms. The Morgan fingerprint density at radius 3 is 2.58 bits per heavy atom. The van der Waals surface area contributed by atoms with Crippen LogP contribution in [0.5, 0.6) is 0 Å². The summed E-state index contributed by atoms with van der Waals surface area (Å²) in [6.45, 7) is 2.20. The van der Waals surface area contributed by atoms with Crippen molar-refractivity contribution >= 4 is 15.5 Å². The molecule has 2 atom stereocenters. The summed E-state index contributed by atoms with van der Waals surface area (Å²) in [5, 5.41) is 0. The van der Waals surface area contributed by atoms with Gasteiger partial charge in [0.05, 0.1) is 24.5 Å². The Labute approximate surface area is 137 Å². The van der Waals surface area contributed by atoms with Crippen LogP contribution in [0.3, 0.4) is 0 Å². The second-order valence-corrected chi connectivity index (χ2v) is 7.40. The van der Waals surface area contributed by atoms with Gasteiger partial charge in [0.25, 0.3) is 9.84 Å². The highest BCUT2D eigenvalue weighted by molar-refractivity contribution is 7.92. The zero-order valence-corrected chi connectivity index (χ0v) is 13.8. The second kappa shape index (κ2) is 6.85. The Hall–Kier alpha value is -1.39. The fraction of sp³-hybridized carbons (Fsp3) is 0.571. The number of benzene rings is 1. The molecule has 2 unspecified atom stereocenters. The number of nitrogens with zero attached hydrogens (tertiary/aromatic N) is 1. The number of morpholine rings is 1. The van der Waals surface area contributed by atoms with Crippen LogP contribution in [0.15, 0.2) is 23.1 Å². The van der Waals surface area contributed by atoms with Crippen molar-refractivity contribution in [3.05, 3.63) is 24.0 Å². The Kier molecular flexibility index (Phi) is 5.41. The molecule has 2 rings (SSSR count). The molecule has 0 aromatic heterocycles. The summed E-state index contributed by atoms with van der Waals surface area (Å²) in [6.07, 6.45) is -0.796. The molecule has 0 bridgehead atoms. The van der Waals surface area contributed by atoms with E-state index in [2.05, 4.69) is 0 Å². The number of ether oxygens (including phenoxy) is 2. The van der Waals surface area contributed by atoms with E-state index in [1.165, 1.54) is 12.0 Å². The molecule has 1 fully saturated rings. The van der Waals surface area contributed by atoms with Gasteiger partial charge in [0, 0.05) is 20.2 Å². The van der Waals surface area contributed by atoms with Crippen LogP contribution in [0.4, 0.5) is 23.2 Å². The number of rotatable bonds is 4. The van der Waals surface area contributed by atoms with Crippen molar-refractivity contribution in [1.82, 2.24) is 0 Å². The first-order valence-electron chi connectivity index (χ1n) is 7.06. The van der Waals surface area contributed by atoms with E-state index in [0.29, 0.717) is 6.07 Å². The lowest BCUT2D eigenvalue weighted by atomic mass is 10.2. The van der Waals surface area contributed by atoms with E-state index < -0.39 is 32.2 Å². The third-order valence-electron chi connectivity index (χ3n) is 3.54. The highest BCUT2D eigenvalue weighted by Gasteiger charge is 2.48. The molecule has 136 valence electrons. The van der Waals surface area contributed by atoms with Crippen LogP contribution in [-0.2, 0) is 19.3 Å². The van der Waals surface area contributed by atoms with E-state index in [9.17, 15) is 26.0 Å². The van der Waals surface area contributed by atoms with Crippen molar-refractivity contribution in [2.75, 3.05) is 31.7 Å². The van der Waals surface area contributed by atoms with Gasteiger partial charge in [-0.15, -0.1) is 0 Å². The number of alkyl halides is 3. The molecule has 0 saturated carbocycles. The minimum atomic E-state index is -5.68. The first-order chi connectivity index (χ1) is 11.1. The van der Waals surface area contributed by atoms with Crippen molar-refractivity contribution in [3.63, 3.8) is 0 Å². The van der Waals surface area contributed by atoms with Crippen LogP contribution >= 0.6 is 0 Å². The summed E-state index contributed by atoms with van der Waals surface area (Å²) < 4.78 is 86.2. The number of sulfone groups is 1. The van der Waals surface area contributed by atoms with Gasteiger partial charge in [-0.25, -0.2) is 12.8 Å². The average Bonchev–Trinajstić information content (AvgIpc) is 2.45. The quantitative estimate of drug-likeness (QED) is 0.761. The normalized spacial score (nSPS) is 22.7. The van der Waals surface area contributed by atoms with E-state index in [0.717, 1.165) is 12.1 Å². The Bertz CT molecular complexity index is 693. The molecule has 1 aromatic carbocycles. The van der Waals surface area contributed by atoms with Gasteiger partial charge in [0.2, 0.25) is 0 Å². The third-order valence-corrected chi connectivity index (χ3v) is 5.05. The van der Waals surface area contributed by atoms with Crippen molar-refractivity contribution in [2.45, 2.75) is 29.5 Å². The topological polar surface area (TPSA) is 55.8 Å². The van der Waals surface area contributed by atoms with Gasteiger partial charge in [-0.3, -0.25) is 0 Å². The van der Waals surface area contributed by atoms with Gasteiger partial charge < -0.3 is 14.4 Å². The molecule has 1 aliphatic rings. The van der Waals surface area contributed by atoms with E-state index in [4.69, 9.17) is 9.47 Å². The minimum Gasteiger partial charge on any atom is -0.382 e. The van der Waals surface area contributed by atoms with Crippen LogP contribution in [0.1, 0.15) is 6.92 Å². The summed E-state index contributed by atoms with van der Waals surface area (Å²) in [6, 6.07) is 2.36. The van der Waals surface area contributed by atoms with E-state index in [1.807, 2.05) is 0 Å². The summed E-state index contributed by atoms with van der Waals surface area (Å²) in [5.74, 6) is -1.06. The lowest BCUT2D eigenvalue weighted by Crippen LogP contribution is -2.48. The molecular formula is C14H17F4NO4S. The summed E-state index contributed by atoms with van der Waals surface area (Å²) in [5.41, 5.74) is -5.72. The first-order valence-corrected chi connectivity index (χ1v) is 8.55. The zero-order valence-electron chi connectivity index (χ0n) is 13.0. The smallest absolute Gasteiger partial charge is 0.382 e. The van der Waals surface area contributed by atoms with Crippen LogP contribution in [0, 0.1) is 5.82 Å². The first kappa shape index (κ1) is 18.9. The number of hydrogen-bond donors (Lipinski definition) is 0. The Morgan fingerprint density at radius 2 is 2.00 bits per heavy atom. The molecule has 0 N–H and O–H groups in total. The van der Waals surface area contributed by atoms with E-state index in [1.54, 1.807) is 6.92 Å². The van der Waals surface area contributed by atoms with E-state index in [-0.39, 0.29) is 31.5 Å². The molecule has 1 aromatic rings. The largest absolute Gasteiger partial charge is 0.501 e. The van der Waals surface area contributed by atoms with E-state index >= 15 is 0 Å². The maximum atomic E-state index is 13.4. The highest BCUT2D eigenvalue weighted by Crippen LogP contribution is 2.37. The molecule has 0 radical (unpaired) electrons. The number of anilines is 1. The standard InChI is InChI=1S/C14H17F4NO4S/c1-9-6-19(7-11(23-9)8-22-2)12-4-3-10(15)5-13(12)24(20,21)14(16,17)18/h3-5,9,11H,6-8H2,1-2H3. The third kappa shape index (κ3) is 3.81. The fourth-order valence-corrected chi connectivity index (χ4v) is 3.60. The molecule has 5 nitrogen and oxygen atoms in total. The van der Waals surface area contributed by atoms with Crippen molar-refractivity contribution in [3.8, 4) is 0 Å². The summed E-state index contributed by atoms with van der Waals surface area (Å²) in [7, 11) is -4.23. The minimum absolute atomic E-state index is 0.129. The predicted molar refractivity (Wildman–Crippen MR) is 78.1 cm³/mol. The highest BCUT2D eigenvalue weighted by atomic mass is 32.2. The SMILES string of the molecule is COCC1CN(c2ccc(F)cc2S(=O)(=O)C(F)(F)F)CC(C)O1. The van der Waals surface area contributed by atoms with Gasteiger partial charge in [-0.1, -0.05) is 0 Å². The number of hydrogen-bond acceptors (Lipinski definition) is 5. The van der Waals surface area contributed by atoms with Gasteiger partial charge >= 0.3 is 5.51 Å². The van der Waals surface area contributed by atoms with Gasteiger partial charge in [0.15, 0.2) is 0 Å². The van der Waals surface area contributed by atoms with Gasteiger partial charge in [0.1, 0.15) is 10.7 Å². The maximum Gasteiger partial charge on any atom is 0.501 e. The molecule has 10 heteroatoms. The summed E-state index contributed by atoms with van der Waals surface area (Å²) in [4.78, 5) is 0.343. The molecule has 0 aliphatic carbocycles. The lowest BCUT2D eigenvalue weighted by molar-refractivity contribution is -0.0513. The van der Waals surface area contributed by atoms with Crippen molar-refractivity contribution < 1.29 is 35.5 Å². The molecular weight excluding hydrogens is 354 g/mol. The predicted octanol–water partition coefficient (Wildman–Crippen LogP) is 2.36. The Morgan fingerprint density at radius 1 is 1.33 bits per heavy atom. The van der Waals surface area contributed by atoms with Gasteiger partial charge in [-0.05, 0) is 25.1 Å². The molecule has 24 heavy (non-hydrogen) atoms. The van der Waals surface area contributed by atoms with Crippen LogP contribution in [0.2, 0.25) is 0 Å². The number of methoxy groups -OCH3 is 1. The van der Waals surface area contributed by atoms with Crippen molar-refractivity contribution in [1.29, 1.82) is 0 Å². The average molecular weight is 371 g/mol. The molecule has 1 aliphatic heterocycles. The molecule has 1 heterocycles. The maximum absolute atomic E-state index is 13.4. The molecule has 0 amide bonds. The van der Waals surface area contributed by atoms with Gasteiger partial charge in [-0.2, -0.15) is 13.2 Å². The van der Waals surface area contributed by atoms with Crippen LogP contribution in [0.25, 0.3) is 0 Å².